The molecule has 3 aromatic rings. The SMILES string of the molecule is NNc1ccc(F)c(C(=O)N2CC3(CC(n4ccc(-c5ccccc5C(F)(F)F)n4)C3)C2)c1. The summed E-state index contributed by atoms with van der Waals surface area (Å²) in [6.07, 6.45) is -1.25. The lowest BCUT2D eigenvalue weighted by Crippen LogP contribution is -2.63. The number of rotatable bonds is 4. The Balaban J connectivity index is 1.24. The highest BCUT2D eigenvalue weighted by Crippen LogP contribution is 2.54. The first-order valence-electron chi connectivity index (χ1n) is 10.5. The fraction of sp³-hybridized carbons (Fsp3) is 0.304. The number of likely N-dealkylation sites (tertiary alicyclic amines) is 1. The van der Waals surface area contributed by atoms with E-state index >= 15 is 0 Å². The Morgan fingerprint density at radius 3 is 2.55 bits per heavy atom. The Kier molecular flexibility index (Phi) is 4.93. The Morgan fingerprint density at radius 1 is 1.12 bits per heavy atom. The number of nitrogens with zero attached hydrogens (tertiary/aromatic N) is 3. The highest BCUT2D eigenvalue weighted by molar-refractivity contribution is 5.96. The third-order valence-corrected chi connectivity index (χ3v) is 6.53. The predicted molar refractivity (Wildman–Crippen MR) is 113 cm³/mol. The zero-order chi connectivity index (χ0) is 23.4. The molecule has 1 amide bonds. The van der Waals surface area contributed by atoms with Gasteiger partial charge in [0.2, 0.25) is 0 Å². The van der Waals surface area contributed by atoms with E-state index in [1.807, 2.05) is 0 Å². The van der Waals surface area contributed by atoms with Gasteiger partial charge >= 0.3 is 6.18 Å². The second-order valence-corrected chi connectivity index (χ2v) is 8.79. The number of alkyl halides is 3. The molecule has 172 valence electrons. The zero-order valence-corrected chi connectivity index (χ0v) is 17.4. The highest BCUT2D eigenvalue weighted by Gasteiger charge is 2.54. The van der Waals surface area contributed by atoms with Crippen LogP contribution in [0.15, 0.2) is 54.7 Å². The van der Waals surface area contributed by atoms with Crippen molar-refractivity contribution in [3.63, 3.8) is 0 Å². The molecule has 2 aromatic carbocycles. The smallest absolute Gasteiger partial charge is 0.337 e. The lowest BCUT2D eigenvalue weighted by molar-refractivity contribution is -0.137. The van der Waals surface area contributed by atoms with E-state index in [0.29, 0.717) is 18.8 Å². The zero-order valence-electron chi connectivity index (χ0n) is 17.4. The maximum atomic E-state index is 14.1. The van der Waals surface area contributed by atoms with Gasteiger partial charge in [-0.2, -0.15) is 18.3 Å². The van der Waals surface area contributed by atoms with E-state index in [2.05, 4.69) is 10.5 Å². The molecule has 0 atom stereocenters. The molecule has 1 aliphatic carbocycles. The number of anilines is 1. The highest BCUT2D eigenvalue weighted by atomic mass is 19.4. The quantitative estimate of drug-likeness (QED) is 0.343. The van der Waals surface area contributed by atoms with Crippen molar-refractivity contribution >= 4 is 11.6 Å². The van der Waals surface area contributed by atoms with Gasteiger partial charge in [0.1, 0.15) is 5.82 Å². The Hall–Kier alpha value is -3.40. The fourth-order valence-electron chi connectivity index (χ4n) is 4.88. The molecule has 0 radical (unpaired) electrons. The molecule has 33 heavy (non-hydrogen) atoms. The van der Waals surface area contributed by atoms with Crippen LogP contribution < -0.4 is 11.3 Å². The molecule has 2 heterocycles. The average Bonchev–Trinajstić information content (AvgIpc) is 3.21. The van der Waals surface area contributed by atoms with Crippen LogP contribution >= 0.6 is 0 Å². The normalized spacial score (nSPS) is 17.5. The van der Waals surface area contributed by atoms with Crippen molar-refractivity contribution in [1.82, 2.24) is 14.7 Å². The first-order valence-corrected chi connectivity index (χ1v) is 10.5. The van der Waals surface area contributed by atoms with Gasteiger partial charge in [0.15, 0.2) is 0 Å². The molecule has 2 aliphatic rings. The van der Waals surface area contributed by atoms with Crippen LogP contribution in [0.5, 0.6) is 0 Å². The van der Waals surface area contributed by atoms with Gasteiger partial charge in [0.05, 0.1) is 22.9 Å². The molecule has 1 spiro atoms. The number of amides is 1. The van der Waals surface area contributed by atoms with E-state index in [4.69, 9.17) is 5.84 Å². The third kappa shape index (κ3) is 3.74. The summed E-state index contributed by atoms with van der Waals surface area (Å²) in [7, 11) is 0. The van der Waals surface area contributed by atoms with Gasteiger partial charge in [-0.25, -0.2) is 4.39 Å². The summed E-state index contributed by atoms with van der Waals surface area (Å²) >= 11 is 0. The van der Waals surface area contributed by atoms with Gasteiger partial charge in [-0.3, -0.25) is 15.3 Å². The number of carbonyl (C=O) groups is 1. The molecule has 0 unspecified atom stereocenters. The van der Waals surface area contributed by atoms with Gasteiger partial charge < -0.3 is 10.3 Å². The van der Waals surface area contributed by atoms with Crippen molar-refractivity contribution in [2.75, 3.05) is 18.5 Å². The van der Waals surface area contributed by atoms with E-state index in [9.17, 15) is 22.4 Å². The van der Waals surface area contributed by atoms with Gasteiger partial charge in [0, 0.05) is 36.0 Å². The minimum atomic E-state index is -4.46. The summed E-state index contributed by atoms with van der Waals surface area (Å²) in [6, 6.07) is 11.1. The van der Waals surface area contributed by atoms with Crippen LogP contribution in [0.3, 0.4) is 0 Å². The van der Waals surface area contributed by atoms with Gasteiger partial charge in [-0.1, -0.05) is 18.2 Å². The monoisotopic (exact) mass is 459 g/mol. The number of hydrazine groups is 1. The first-order chi connectivity index (χ1) is 15.7. The predicted octanol–water partition coefficient (Wildman–Crippen LogP) is 4.47. The summed E-state index contributed by atoms with van der Waals surface area (Å²) in [5, 5.41) is 4.40. The number of nitrogens with one attached hydrogen (secondary N) is 1. The maximum absolute atomic E-state index is 14.1. The van der Waals surface area contributed by atoms with Crippen LogP contribution in [0, 0.1) is 11.2 Å². The standard InChI is InChI=1S/C23H21F4N5O/c24-19-6-5-14(29-28)9-17(19)21(33)31-12-22(13-31)10-15(11-22)32-8-7-20(30-32)16-3-1-2-4-18(16)23(25,26)27/h1-9,15,29H,10-13,28H2. The molecule has 2 fully saturated rings. The topological polar surface area (TPSA) is 76.2 Å². The number of nitrogen functional groups attached to an aromatic ring is 1. The van der Waals surface area contributed by atoms with Gasteiger partial charge in [0.25, 0.3) is 5.91 Å². The summed E-state index contributed by atoms with van der Waals surface area (Å²) in [5.74, 6) is 4.36. The number of halogens is 4. The van der Waals surface area contributed by atoms with E-state index in [0.717, 1.165) is 18.9 Å². The summed E-state index contributed by atoms with van der Waals surface area (Å²) in [5.41, 5.74) is 2.37. The molecule has 1 saturated heterocycles. The second-order valence-electron chi connectivity index (χ2n) is 8.79. The van der Waals surface area contributed by atoms with E-state index in [-0.39, 0.29) is 34.2 Å². The number of hydrogen-bond acceptors (Lipinski definition) is 4. The van der Waals surface area contributed by atoms with Crippen LogP contribution in [0.1, 0.15) is 34.8 Å². The largest absolute Gasteiger partial charge is 0.417 e. The summed E-state index contributed by atoms with van der Waals surface area (Å²) in [4.78, 5) is 14.3. The number of nitrogens with two attached hydrogens (primary N) is 1. The van der Waals surface area contributed by atoms with E-state index < -0.39 is 17.6 Å². The van der Waals surface area contributed by atoms with Crippen molar-refractivity contribution in [2.45, 2.75) is 25.1 Å². The third-order valence-electron chi connectivity index (χ3n) is 6.53. The molecule has 0 bridgehead atoms. The van der Waals surface area contributed by atoms with Crippen molar-refractivity contribution < 1.29 is 22.4 Å². The molecular formula is C23H21F4N5O. The maximum Gasteiger partial charge on any atom is 0.417 e. The molecule has 1 aromatic heterocycles. The lowest BCUT2D eigenvalue weighted by Gasteiger charge is -2.58. The lowest BCUT2D eigenvalue weighted by atomic mass is 9.60. The molecule has 5 rings (SSSR count). The van der Waals surface area contributed by atoms with Crippen LogP contribution in [0.4, 0.5) is 23.2 Å². The number of carbonyl (C=O) groups excluding carboxylic acids is 1. The molecular weight excluding hydrogens is 438 g/mol. The van der Waals surface area contributed by atoms with Crippen molar-refractivity contribution in [3.05, 3.63) is 71.7 Å². The van der Waals surface area contributed by atoms with Crippen LogP contribution in [-0.4, -0.2) is 33.7 Å². The molecule has 10 heteroatoms. The van der Waals surface area contributed by atoms with Crippen molar-refractivity contribution in [1.29, 1.82) is 0 Å². The Bertz CT molecular complexity index is 1210. The van der Waals surface area contributed by atoms with Gasteiger partial charge in [-0.15, -0.1) is 0 Å². The Morgan fingerprint density at radius 2 is 1.85 bits per heavy atom. The second kappa shape index (κ2) is 7.58. The number of benzene rings is 2. The van der Waals surface area contributed by atoms with Crippen molar-refractivity contribution in [3.8, 4) is 11.3 Å². The average molecular weight is 459 g/mol. The summed E-state index contributed by atoms with van der Waals surface area (Å²) < 4.78 is 55.8. The first kappa shape index (κ1) is 21.4. The number of aromatic nitrogens is 2. The molecule has 6 nitrogen and oxygen atoms in total. The van der Waals surface area contributed by atoms with Gasteiger partial charge in [-0.05, 0) is 43.2 Å². The van der Waals surface area contributed by atoms with Crippen molar-refractivity contribution in [2.24, 2.45) is 11.3 Å². The minimum Gasteiger partial charge on any atom is -0.337 e. The molecule has 3 N–H and O–H groups in total. The Labute approximate surface area is 187 Å². The summed E-state index contributed by atoms with van der Waals surface area (Å²) in [6.45, 7) is 1.01. The fourth-order valence-corrected chi connectivity index (χ4v) is 4.88. The van der Waals surface area contributed by atoms with E-state index in [1.165, 1.54) is 30.3 Å². The van der Waals surface area contributed by atoms with E-state index in [1.54, 1.807) is 27.9 Å². The van der Waals surface area contributed by atoms with Crippen LogP contribution in [-0.2, 0) is 6.18 Å². The number of hydrogen-bond donors (Lipinski definition) is 2. The molecule has 1 aliphatic heterocycles. The minimum absolute atomic E-state index is 0.0313. The molecule has 1 saturated carbocycles. The van der Waals surface area contributed by atoms with Crippen LogP contribution in [0.2, 0.25) is 0 Å². The van der Waals surface area contributed by atoms with Crippen LogP contribution in [0.25, 0.3) is 11.3 Å².